The minimum Gasteiger partial charge on any atom is -0.494 e. The monoisotopic (exact) mass is 240 g/mol. The van der Waals surface area contributed by atoms with Gasteiger partial charge in [-0.15, -0.1) is 0 Å². The Bertz CT molecular complexity index is 337. The van der Waals surface area contributed by atoms with E-state index in [4.69, 9.17) is 16.3 Å². The fourth-order valence-electron chi connectivity index (χ4n) is 1.37. The maximum Gasteiger partial charge on any atom is 0.120 e. The number of benzene rings is 1. The molecule has 88 valence electrons. The molecule has 0 radical (unpaired) electrons. The van der Waals surface area contributed by atoms with E-state index in [2.05, 4.69) is 6.92 Å². The largest absolute Gasteiger partial charge is 0.494 e. The Morgan fingerprint density at radius 2 is 2.25 bits per heavy atom. The predicted molar refractivity (Wildman–Crippen MR) is 66.2 cm³/mol. The Morgan fingerprint density at radius 3 is 2.88 bits per heavy atom. The molecule has 0 bridgehead atoms. The van der Waals surface area contributed by atoms with Gasteiger partial charge in [0, 0.05) is 11.4 Å². The molecule has 0 heterocycles. The number of unbranched alkanes of at least 4 members (excludes halogenated alkanes) is 1. The molecule has 0 aliphatic heterocycles. The van der Waals surface area contributed by atoms with Crippen molar-refractivity contribution in [1.82, 2.24) is 0 Å². The molecular formula is C13H17ClO2. The molecule has 3 heteroatoms. The van der Waals surface area contributed by atoms with E-state index in [9.17, 15) is 4.79 Å². The molecule has 0 aromatic heterocycles. The first kappa shape index (κ1) is 13.0. The quantitative estimate of drug-likeness (QED) is 0.537. The highest BCUT2D eigenvalue weighted by molar-refractivity contribution is 6.31. The van der Waals surface area contributed by atoms with Gasteiger partial charge >= 0.3 is 0 Å². The number of aryl methyl sites for hydroxylation is 1. The van der Waals surface area contributed by atoms with Crippen molar-refractivity contribution in [3.63, 3.8) is 0 Å². The van der Waals surface area contributed by atoms with E-state index < -0.39 is 0 Å². The molecule has 0 fully saturated rings. The maximum atomic E-state index is 10.3. The minimum atomic E-state index is 0.510. The Labute approximate surface area is 102 Å². The lowest BCUT2D eigenvalue weighted by atomic mass is 10.1. The standard InChI is InChI=1S/C13H17ClO2/c1-2-3-9-16-12-7-6-11(5-4-8-15)13(14)10-12/h6-8,10H,2-5,9H2,1H3. The van der Waals surface area contributed by atoms with Gasteiger partial charge in [-0.1, -0.05) is 31.0 Å². The van der Waals surface area contributed by atoms with Gasteiger partial charge < -0.3 is 9.53 Å². The van der Waals surface area contributed by atoms with Crippen LogP contribution in [0.3, 0.4) is 0 Å². The summed E-state index contributed by atoms with van der Waals surface area (Å²) in [6.45, 7) is 2.85. The number of aldehydes is 1. The van der Waals surface area contributed by atoms with Gasteiger partial charge in [-0.25, -0.2) is 0 Å². The van der Waals surface area contributed by atoms with Crippen molar-refractivity contribution in [2.24, 2.45) is 0 Å². The second-order valence-electron chi connectivity index (χ2n) is 3.66. The van der Waals surface area contributed by atoms with Crippen LogP contribution in [-0.4, -0.2) is 12.9 Å². The maximum absolute atomic E-state index is 10.3. The predicted octanol–water partition coefficient (Wildman–Crippen LogP) is 3.65. The second kappa shape index (κ2) is 7.29. The highest BCUT2D eigenvalue weighted by Gasteiger charge is 2.02. The van der Waals surface area contributed by atoms with Crippen molar-refractivity contribution in [3.8, 4) is 5.75 Å². The Morgan fingerprint density at radius 1 is 1.44 bits per heavy atom. The molecular weight excluding hydrogens is 224 g/mol. The molecule has 1 aromatic carbocycles. The lowest BCUT2D eigenvalue weighted by molar-refractivity contribution is -0.107. The summed E-state index contributed by atoms with van der Waals surface area (Å²) in [5, 5.41) is 0.677. The first-order valence-corrected chi connectivity index (χ1v) is 6.00. The Balaban J connectivity index is 2.56. The van der Waals surface area contributed by atoms with Gasteiger partial charge in [0.1, 0.15) is 12.0 Å². The van der Waals surface area contributed by atoms with E-state index in [0.29, 0.717) is 17.9 Å². The molecule has 0 aliphatic rings. The first-order chi connectivity index (χ1) is 7.77. The summed E-state index contributed by atoms with van der Waals surface area (Å²) in [7, 11) is 0. The lowest BCUT2D eigenvalue weighted by Crippen LogP contribution is -1.97. The number of carbonyl (C=O) groups excluding carboxylic acids is 1. The fourth-order valence-corrected chi connectivity index (χ4v) is 1.63. The third-order valence-electron chi connectivity index (χ3n) is 2.32. The molecule has 0 saturated heterocycles. The molecule has 0 atom stereocenters. The van der Waals surface area contributed by atoms with Gasteiger partial charge in [0.2, 0.25) is 0 Å². The molecule has 0 unspecified atom stereocenters. The van der Waals surface area contributed by atoms with E-state index in [1.165, 1.54) is 0 Å². The van der Waals surface area contributed by atoms with E-state index in [1.807, 2.05) is 18.2 Å². The molecule has 0 amide bonds. The van der Waals surface area contributed by atoms with Gasteiger partial charge in [-0.2, -0.15) is 0 Å². The number of rotatable bonds is 7. The van der Waals surface area contributed by atoms with E-state index in [0.717, 1.165) is 37.0 Å². The van der Waals surface area contributed by atoms with Crippen molar-refractivity contribution in [2.45, 2.75) is 32.6 Å². The first-order valence-electron chi connectivity index (χ1n) is 5.62. The highest BCUT2D eigenvalue weighted by Crippen LogP contribution is 2.23. The number of carbonyl (C=O) groups is 1. The summed E-state index contributed by atoms with van der Waals surface area (Å²) < 4.78 is 5.53. The van der Waals surface area contributed by atoms with Crippen LogP contribution in [0.2, 0.25) is 5.02 Å². The number of ether oxygens (including phenoxy) is 1. The molecule has 16 heavy (non-hydrogen) atoms. The third kappa shape index (κ3) is 4.23. The number of halogens is 1. The van der Waals surface area contributed by atoms with Crippen LogP contribution in [0.1, 0.15) is 31.7 Å². The number of hydrogen-bond donors (Lipinski definition) is 0. The van der Waals surface area contributed by atoms with Gasteiger partial charge in [-0.3, -0.25) is 0 Å². The minimum absolute atomic E-state index is 0.510. The fraction of sp³-hybridized carbons (Fsp3) is 0.462. The highest BCUT2D eigenvalue weighted by atomic mass is 35.5. The third-order valence-corrected chi connectivity index (χ3v) is 2.67. The van der Waals surface area contributed by atoms with E-state index in [-0.39, 0.29) is 0 Å². The molecule has 0 aliphatic carbocycles. The topological polar surface area (TPSA) is 26.3 Å². The molecule has 0 spiro atoms. The number of hydrogen-bond acceptors (Lipinski definition) is 2. The van der Waals surface area contributed by atoms with Crippen molar-refractivity contribution in [2.75, 3.05) is 6.61 Å². The van der Waals surface area contributed by atoms with E-state index >= 15 is 0 Å². The van der Waals surface area contributed by atoms with Crippen molar-refractivity contribution < 1.29 is 9.53 Å². The van der Waals surface area contributed by atoms with Gasteiger partial charge in [0.25, 0.3) is 0 Å². The molecule has 0 saturated carbocycles. The zero-order valence-corrected chi connectivity index (χ0v) is 10.3. The molecule has 2 nitrogen and oxygen atoms in total. The average molecular weight is 241 g/mol. The van der Waals surface area contributed by atoms with E-state index in [1.54, 1.807) is 0 Å². The second-order valence-corrected chi connectivity index (χ2v) is 4.07. The Hall–Kier alpha value is -1.02. The smallest absolute Gasteiger partial charge is 0.120 e. The molecule has 1 aromatic rings. The van der Waals surface area contributed by atoms with Crippen LogP contribution in [0, 0.1) is 0 Å². The summed E-state index contributed by atoms with van der Waals surface area (Å²) in [6, 6.07) is 5.64. The van der Waals surface area contributed by atoms with Gasteiger partial charge in [0.15, 0.2) is 0 Å². The summed E-state index contributed by atoms with van der Waals surface area (Å²) >= 11 is 6.08. The molecule has 1 rings (SSSR count). The van der Waals surface area contributed by atoms with Crippen molar-refractivity contribution >= 4 is 17.9 Å². The van der Waals surface area contributed by atoms with Crippen LogP contribution >= 0.6 is 11.6 Å². The summed E-state index contributed by atoms with van der Waals surface area (Å²) in [6.07, 6.45) is 4.27. The van der Waals surface area contributed by atoms with Crippen LogP contribution < -0.4 is 4.74 Å². The Kier molecular flexibility index (Phi) is 5.94. The molecule has 0 N–H and O–H groups in total. The van der Waals surface area contributed by atoms with Gasteiger partial charge in [0.05, 0.1) is 6.61 Å². The average Bonchev–Trinajstić information content (AvgIpc) is 2.28. The van der Waals surface area contributed by atoms with Crippen LogP contribution in [-0.2, 0) is 11.2 Å². The summed E-state index contributed by atoms with van der Waals surface area (Å²) in [5.74, 6) is 0.799. The van der Waals surface area contributed by atoms with Crippen molar-refractivity contribution in [1.29, 1.82) is 0 Å². The zero-order valence-electron chi connectivity index (χ0n) is 9.54. The summed E-state index contributed by atoms with van der Waals surface area (Å²) in [4.78, 5) is 10.3. The summed E-state index contributed by atoms with van der Waals surface area (Å²) in [5.41, 5.74) is 0.997. The van der Waals surface area contributed by atoms with Crippen LogP contribution in [0.15, 0.2) is 18.2 Å². The SMILES string of the molecule is CCCCOc1ccc(CCC=O)c(Cl)c1. The van der Waals surface area contributed by atoms with Crippen LogP contribution in [0.4, 0.5) is 0 Å². The van der Waals surface area contributed by atoms with Gasteiger partial charge in [-0.05, 0) is 30.5 Å². The van der Waals surface area contributed by atoms with Crippen LogP contribution in [0.25, 0.3) is 0 Å². The van der Waals surface area contributed by atoms with Crippen molar-refractivity contribution in [3.05, 3.63) is 28.8 Å². The van der Waals surface area contributed by atoms with Crippen LogP contribution in [0.5, 0.6) is 5.75 Å². The normalized spacial score (nSPS) is 10.1. The zero-order chi connectivity index (χ0) is 11.8. The lowest BCUT2D eigenvalue weighted by Gasteiger charge is -2.08.